The standard InChI is InChI=1S/C15H28N2OS/c1-10(2)12-14(18)17(13(16-12)11(3)4)9-15(5)7-6-8-19-15/h10-13,16H,6-9H2,1-5H3. The molecule has 2 fully saturated rings. The molecule has 3 nitrogen and oxygen atoms in total. The van der Waals surface area contributed by atoms with Gasteiger partial charge in [0.05, 0.1) is 12.2 Å². The number of nitrogens with one attached hydrogen (secondary N) is 1. The summed E-state index contributed by atoms with van der Waals surface area (Å²) in [5, 5.41) is 3.55. The van der Waals surface area contributed by atoms with Crippen LogP contribution >= 0.6 is 11.8 Å². The molecule has 3 unspecified atom stereocenters. The van der Waals surface area contributed by atoms with E-state index in [1.165, 1.54) is 18.6 Å². The van der Waals surface area contributed by atoms with E-state index in [4.69, 9.17) is 0 Å². The molecule has 2 heterocycles. The van der Waals surface area contributed by atoms with Crippen molar-refractivity contribution in [1.29, 1.82) is 0 Å². The summed E-state index contributed by atoms with van der Waals surface area (Å²) in [7, 11) is 0. The van der Waals surface area contributed by atoms with Crippen LogP contribution in [0.3, 0.4) is 0 Å². The summed E-state index contributed by atoms with van der Waals surface area (Å²) in [5.41, 5.74) is 0. The molecule has 0 saturated carbocycles. The van der Waals surface area contributed by atoms with E-state index in [0.717, 1.165) is 6.54 Å². The van der Waals surface area contributed by atoms with Crippen LogP contribution in [0.1, 0.15) is 47.5 Å². The van der Waals surface area contributed by atoms with Gasteiger partial charge in [-0.05, 0) is 37.4 Å². The fourth-order valence-corrected chi connectivity index (χ4v) is 4.49. The van der Waals surface area contributed by atoms with Crippen molar-refractivity contribution >= 4 is 17.7 Å². The van der Waals surface area contributed by atoms with Gasteiger partial charge in [-0.25, -0.2) is 0 Å². The van der Waals surface area contributed by atoms with E-state index in [-0.39, 0.29) is 17.0 Å². The second-order valence-corrected chi connectivity index (χ2v) is 8.63. The number of hydrogen-bond donors (Lipinski definition) is 1. The Kier molecular flexibility index (Phi) is 4.51. The third-order valence-electron chi connectivity index (χ3n) is 4.34. The van der Waals surface area contributed by atoms with Crippen molar-refractivity contribution in [2.24, 2.45) is 11.8 Å². The number of carbonyl (C=O) groups excluding carboxylic acids is 1. The fourth-order valence-electron chi connectivity index (χ4n) is 3.19. The lowest BCUT2D eigenvalue weighted by molar-refractivity contribution is -0.131. The Balaban J connectivity index is 2.13. The van der Waals surface area contributed by atoms with Crippen molar-refractivity contribution in [3.05, 3.63) is 0 Å². The molecule has 2 aliphatic heterocycles. The number of thioether (sulfide) groups is 1. The predicted molar refractivity (Wildman–Crippen MR) is 82.2 cm³/mol. The Morgan fingerprint density at radius 3 is 2.53 bits per heavy atom. The largest absolute Gasteiger partial charge is 0.324 e. The van der Waals surface area contributed by atoms with Crippen molar-refractivity contribution in [1.82, 2.24) is 10.2 Å². The molecule has 110 valence electrons. The lowest BCUT2D eigenvalue weighted by atomic mass is 10.0. The summed E-state index contributed by atoms with van der Waals surface area (Å²) in [4.78, 5) is 14.8. The van der Waals surface area contributed by atoms with Crippen LogP contribution in [0, 0.1) is 11.8 Å². The van der Waals surface area contributed by atoms with Gasteiger partial charge in [0.2, 0.25) is 5.91 Å². The van der Waals surface area contributed by atoms with Crippen molar-refractivity contribution in [2.75, 3.05) is 12.3 Å². The minimum Gasteiger partial charge on any atom is -0.324 e. The normalized spacial score (nSPS) is 35.9. The van der Waals surface area contributed by atoms with Crippen LogP contribution in [0.4, 0.5) is 0 Å². The van der Waals surface area contributed by atoms with E-state index in [0.29, 0.717) is 17.7 Å². The Labute approximate surface area is 121 Å². The summed E-state index contributed by atoms with van der Waals surface area (Å²) in [6, 6.07) is 0.00223. The first kappa shape index (κ1) is 15.2. The highest BCUT2D eigenvalue weighted by Crippen LogP contribution is 2.39. The van der Waals surface area contributed by atoms with Gasteiger partial charge < -0.3 is 4.90 Å². The van der Waals surface area contributed by atoms with Crippen molar-refractivity contribution in [3.8, 4) is 0 Å². The van der Waals surface area contributed by atoms with Gasteiger partial charge in [-0.1, -0.05) is 27.7 Å². The van der Waals surface area contributed by atoms with Gasteiger partial charge in [-0.2, -0.15) is 11.8 Å². The molecule has 0 aliphatic carbocycles. The quantitative estimate of drug-likeness (QED) is 0.861. The molecule has 3 atom stereocenters. The molecule has 1 N–H and O–H groups in total. The van der Waals surface area contributed by atoms with Gasteiger partial charge in [0.1, 0.15) is 0 Å². The average Bonchev–Trinajstić information content (AvgIpc) is 2.85. The first-order valence-corrected chi connectivity index (χ1v) is 8.53. The molecule has 2 aliphatic rings. The van der Waals surface area contributed by atoms with Gasteiger partial charge >= 0.3 is 0 Å². The van der Waals surface area contributed by atoms with E-state index in [1.807, 2.05) is 11.8 Å². The van der Waals surface area contributed by atoms with E-state index < -0.39 is 0 Å². The molecule has 0 radical (unpaired) electrons. The third-order valence-corrected chi connectivity index (χ3v) is 5.86. The molecule has 0 aromatic heterocycles. The number of rotatable bonds is 4. The fraction of sp³-hybridized carbons (Fsp3) is 0.933. The van der Waals surface area contributed by atoms with E-state index in [1.54, 1.807) is 0 Å². The highest BCUT2D eigenvalue weighted by Gasteiger charge is 2.44. The van der Waals surface area contributed by atoms with E-state index in [2.05, 4.69) is 44.8 Å². The molecule has 0 aromatic carbocycles. The van der Waals surface area contributed by atoms with Crippen LogP contribution < -0.4 is 5.32 Å². The Morgan fingerprint density at radius 2 is 2.05 bits per heavy atom. The lowest BCUT2D eigenvalue weighted by Gasteiger charge is -2.34. The zero-order chi connectivity index (χ0) is 14.2. The summed E-state index contributed by atoms with van der Waals surface area (Å²) in [5.74, 6) is 2.37. The first-order valence-electron chi connectivity index (χ1n) is 7.54. The molecular weight excluding hydrogens is 256 g/mol. The van der Waals surface area contributed by atoms with Crippen LogP contribution in [0.2, 0.25) is 0 Å². The van der Waals surface area contributed by atoms with Crippen LogP contribution in [0.5, 0.6) is 0 Å². The predicted octanol–water partition coefficient (Wildman–Crippen LogP) is 2.71. The van der Waals surface area contributed by atoms with Crippen molar-refractivity contribution in [3.63, 3.8) is 0 Å². The van der Waals surface area contributed by atoms with Crippen LogP contribution in [0.25, 0.3) is 0 Å². The Hall–Kier alpha value is -0.220. The minimum atomic E-state index is 0.00223. The van der Waals surface area contributed by atoms with Gasteiger partial charge in [-0.3, -0.25) is 10.1 Å². The van der Waals surface area contributed by atoms with Gasteiger partial charge in [-0.15, -0.1) is 0 Å². The maximum atomic E-state index is 12.6. The smallest absolute Gasteiger partial charge is 0.241 e. The Morgan fingerprint density at radius 1 is 1.37 bits per heavy atom. The Bertz CT molecular complexity index is 337. The lowest BCUT2D eigenvalue weighted by Crippen LogP contribution is -2.47. The van der Waals surface area contributed by atoms with Gasteiger partial charge in [0.15, 0.2) is 0 Å². The van der Waals surface area contributed by atoms with Gasteiger partial charge in [0.25, 0.3) is 0 Å². The number of hydrogen-bond acceptors (Lipinski definition) is 3. The van der Waals surface area contributed by atoms with Crippen LogP contribution in [0.15, 0.2) is 0 Å². The SMILES string of the molecule is CC(C)C1NC(C(C)C)N(CC2(C)CCCS2)C1=O. The highest BCUT2D eigenvalue weighted by atomic mass is 32.2. The second-order valence-electron chi connectivity index (χ2n) is 6.95. The summed E-state index contributed by atoms with van der Waals surface area (Å²) in [6.45, 7) is 11.9. The number of amides is 1. The summed E-state index contributed by atoms with van der Waals surface area (Å²) in [6.07, 6.45) is 2.73. The summed E-state index contributed by atoms with van der Waals surface area (Å²) >= 11 is 2.04. The third kappa shape index (κ3) is 3.10. The zero-order valence-corrected chi connectivity index (χ0v) is 13.7. The summed E-state index contributed by atoms with van der Waals surface area (Å²) < 4.78 is 0.260. The van der Waals surface area contributed by atoms with Crippen LogP contribution in [-0.2, 0) is 4.79 Å². The average molecular weight is 284 g/mol. The molecule has 0 spiro atoms. The first-order chi connectivity index (χ1) is 8.84. The molecule has 2 rings (SSSR count). The van der Waals surface area contributed by atoms with Crippen molar-refractivity contribution in [2.45, 2.75) is 64.4 Å². The second kappa shape index (κ2) is 5.65. The molecular formula is C15H28N2OS. The van der Waals surface area contributed by atoms with Gasteiger partial charge in [0, 0.05) is 11.3 Å². The number of carbonyl (C=O) groups is 1. The molecule has 2 saturated heterocycles. The van der Waals surface area contributed by atoms with E-state index in [9.17, 15) is 4.79 Å². The molecule has 0 aromatic rings. The van der Waals surface area contributed by atoms with Crippen LogP contribution in [-0.4, -0.2) is 40.1 Å². The maximum absolute atomic E-state index is 12.6. The molecule has 19 heavy (non-hydrogen) atoms. The monoisotopic (exact) mass is 284 g/mol. The molecule has 1 amide bonds. The molecule has 4 heteroatoms. The minimum absolute atomic E-state index is 0.00223. The van der Waals surface area contributed by atoms with Crippen molar-refractivity contribution < 1.29 is 4.79 Å². The maximum Gasteiger partial charge on any atom is 0.241 e. The zero-order valence-electron chi connectivity index (χ0n) is 12.9. The topological polar surface area (TPSA) is 32.3 Å². The highest BCUT2D eigenvalue weighted by molar-refractivity contribution is 8.00. The molecule has 0 bridgehead atoms. The van der Waals surface area contributed by atoms with E-state index >= 15 is 0 Å². The number of nitrogens with zero attached hydrogens (tertiary/aromatic N) is 1.